The minimum atomic E-state index is 0.777. The molecule has 0 aliphatic carbocycles. The highest BCUT2D eigenvalue weighted by molar-refractivity contribution is 8.13. The lowest BCUT2D eigenvalue weighted by atomic mass is 10.1. The summed E-state index contributed by atoms with van der Waals surface area (Å²) in [5.41, 5.74) is 5.45. The summed E-state index contributed by atoms with van der Waals surface area (Å²) in [5.74, 6) is 1.59. The van der Waals surface area contributed by atoms with Crippen molar-refractivity contribution < 1.29 is 0 Å². The third-order valence-corrected chi connectivity index (χ3v) is 5.01. The molecule has 0 N–H and O–H groups in total. The van der Waals surface area contributed by atoms with Crippen LogP contribution in [0.5, 0.6) is 0 Å². The first kappa shape index (κ1) is 15.1. The van der Waals surface area contributed by atoms with E-state index in [1.165, 1.54) is 5.56 Å². The molecule has 5 heteroatoms. The average molecular weight is 334 g/mol. The summed E-state index contributed by atoms with van der Waals surface area (Å²) in [6.07, 6.45) is 5.17. The van der Waals surface area contributed by atoms with Crippen LogP contribution in [0, 0.1) is 13.8 Å². The van der Waals surface area contributed by atoms with Gasteiger partial charge < -0.3 is 0 Å². The molecular weight excluding hydrogens is 316 g/mol. The van der Waals surface area contributed by atoms with E-state index < -0.39 is 0 Å². The van der Waals surface area contributed by atoms with E-state index in [1.54, 1.807) is 11.8 Å². The number of imidazole rings is 1. The van der Waals surface area contributed by atoms with E-state index in [0.717, 1.165) is 45.8 Å². The van der Waals surface area contributed by atoms with Crippen molar-refractivity contribution in [3.05, 3.63) is 71.3 Å². The molecule has 120 valence electrons. The first-order chi connectivity index (χ1) is 11.7. The van der Waals surface area contributed by atoms with Crippen molar-refractivity contribution in [2.45, 2.75) is 26.0 Å². The van der Waals surface area contributed by atoms with E-state index in [2.05, 4.69) is 47.4 Å². The molecule has 0 bridgehead atoms. The van der Waals surface area contributed by atoms with Gasteiger partial charge in [0.1, 0.15) is 0 Å². The lowest BCUT2D eigenvalue weighted by molar-refractivity contribution is 1.01. The molecular formula is C19H18N4S. The van der Waals surface area contributed by atoms with Gasteiger partial charge in [0.2, 0.25) is 5.78 Å². The molecule has 0 saturated heterocycles. The third-order valence-electron chi connectivity index (χ3n) is 3.98. The van der Waals surface area contributed by atoms with Crippen molar-refractivity contribution in [2.75, 3.05) is 0 Å². The fraction of sp³-hybridized carbons (Fsp3) is 0.211. The Labute approximate surface area is 145 Å². The summed E-state index contributed by atoms with van der Waals surface area (Å²) in [7, 11) is 0. The SMILES string of the molecule is Cc1cc(C)n2cc(CSC3=NC(c4ccccc4)=CC3)nc2n1. The monoisotopic (exact) mass is 334 g/mol. The molecule has 4 nitrogen and oxygen atoms in total. The highest BCUT2D eigenvalue weighted by atomic mass is 32.2. The maximum absolute atomic E-state index is 4.75. The predicted molar refractivity (Wildman–Crippen MR) is 100 cm³/mol. The van der Waals surface area contributed by atoms with Crippen molar-refractivity contribution in [1.82, 2.24) is 14.4 Å². The zero-order valence-electron chi connectivity index (χ0n) is 13.7. The van der Waals surface area contributed by atoms with Crippen molar-refractivity contribution in [1.29, 1.82) is 0 Å². The molecule has 0 radical (unpaired) electrons. The van der Waals surface area contributed by atoms with Gasteiger partial charge in [-0.25, -0.2) is 15.0 Å². The zero-order chi connectivity index (χ0) is 16.5. The van der Waals surface area contributed by atoms with Crippen LogP contribution in [-0.2, 0) is 5.75 Å². The summed E-state index contributed by atoms with van der Waals surface area (Å²) in [6, 6.07) is 12.4. The molecule has 4 rings (SSSR count). The van der Waals surface area contributed by atoms with Crippen LogP contribution in [0.4, 0.5) is 0 Å². The van der Waals surface area contributed by atoms with E-state index >= 15 is 0 Å². The third kappa shape index (κ3) is 2.99. The zero-order valence-corrected chi connectivity index (χ0v) is 14.5. The summed E-state index contributed by atoms with van der Waals surface area (Å²) < 4.78 is 2.05. The van der Waals surface area contributed by atoms with E-state index in [4.69, 9.17) is 4.99 Å². The van der Waals surface area contributed by atoms with Gasteiger partial charge in [0.25, 0.3) is 0 Å². The molecule has 0 amide bonds. The van der Waals surface area contributed by atoms with Gasteiger partial charge in [0, 0.05) is 29.8 Å². The molecule has 0 saturated carbocycles. The molecule has 2 aromatic heterocycles. The quantitative estimate of drug-likeness (QED) is 0.712. The Kier molecular flexibility index (Phi) is 3.94. The summed E-state index contributed by atoms with van der Waals surface area (Å²) >= 11 is 1.76. The lowest BCUT2D eigenvalue weighted by Crippen LogP contribution is -1.94. The normalized spacial score (nSPS) is 14.1. The van der Waals surface area contributed by atoms with Crippen LogP contribution in [0.3, 0.4) is 0 Å². The van der Waals surface area contributed by atoms with Crippen LogP contribution in [0.15, 0.2) is 53.7 Å². The molecule has 24 heavy (non-hydrogen) atoms. The predicted octanol–water partition coefficient (Wildman–Crippen LogP) is 4.42. The van der Waals surface area contributed by atoms with Gasteiger partial charge in [-0.3, -0.25) is 4.40 Å². The number of benzene rings is 1. The maximum Gasteiger partial charge on any atom is 0.234 e. The molecule has 0 spiro atoms. The maximum atomic E-state index is 4.75. The van der Waals surface area contributed by atoms with Gasteiger partial charge in [-0.15, -0.1) is 11.8 Å². The van der Waals surface area contributed by atoms with Crippen LogP contribution >= 0.6 is 11.8 Å². The Hall–Kier alpha value is -2.40. The van der Waals surface area contributed by atoms with Crippen LogP contribution in [0.25, 0.3) is 11.5 Å². The van der Waals surface area contributed by atoms with Gasteiger partial charge in [-0.1, -0.05) is 36.4 Å². The molecule has 1 aromatic carbocycles. The standard InChI is InChI=1S/C19H18N4S/c1-13-10-14(2)23-11-16(21-19(23)20-13)12-24-18-9-8-17(22-18)15-6-4-3-5-7-15/h3-8,10-11H,9,12H2,1-2H3. The van der Waals surface area contributed by atoms with Crippen LogP contribution in [0.1, 0.15) is 29.1 Å². The highest BCUT2D eigenvalue weighted by Gasteiger charge is 2.12. The van der Waals surface area contributed by atoms with E-state index in [0.29, 0.717) is 0 Å². The number of aryl methyl sites for hydroxylation is 2. The first-order valence-electron chi connectivity index (χ1n) is 7.97. The molecule has 1 aliphatic heterocycles. The van der Waals surface area contributed by atoms with Crippen LogP contribution in [-0.4, -0.2) is 19.4 Å². The molecule has 0 unspecified atom stereocenters. The second kappa shape index (κ2) is 6.24. The van der Waals surface area contributed by atoms with Crippen LogP contribution < -0.4 is 0 Å². The van der Waals surface area contributed by atoms with Gasteiger partial charge in [-0.05, 0) is 25.5 Å². The van der Waals surface area contributed by atoms with Crippen LogP contribution in [0.2, 0.25) is 0 Å². The number of hydrogen-bond acceptors (Lipinski definition) is 4. The number of nitrogens with zero attached hydrogens (tertiary/aromatic N) is 4. The number of aromatic nitrogens is 3. The first-order valence-corrected chi connectivity index (χ1v) is 8.96. The minimum absolute atomic E-state index is 0.777. The Morgan fingerprint density at radius 3 is 2.79 bits per heavy atom. The van der Waals surface area contributed by atoms with E-state index in [1.807, 2.05) is 29.5 Å². The summed E-state index contributed by atoms with van der Waals surface area (Å²) in [6.45, 7) is 4.08. The van der Waals surface area contributed by atoms with E-state index in [9.17, 15) is 0 Å². The summed E-state index contributed by atoms with van der Waals surface area (Å²) in [5, 5.41) is 1.15. The minimum Gasteiger partial charge on any atom is -0.288 e. The van der Waals surface area contributed by atoms with Gasteiger partial charge in [0.15, 0.2) is 0 Å². The number of hydrogen-bond donors (Lipinski definition) is 0. The molecule has 3 aromatic rings. The highest BCUT2D eigenvalue weighted by Crippen LogP contribution is 2.27. The smallest absolute Gasteiger partial charge is 0.234 e. The molecule has 3 heterocycles. The van der Waals surface area contributed by atoms with E-state index in [-0.39, 0.29) is 0 Å². The van der Waals surface area contributed by atoms with Crippen molar-refractivity contribution >= 4 is 28.3 Å². The van der Waals surface area contributed by atoms with Crippen molar-refractivity contribution in [2.24, 2.45) is 4.99 Å². The van der Waals surface area contributed by atoms with Gasteiger partial charge in [0.05, 0.1) is 16.4 Å². The lowest BCUT2D eigenvalue weighted by Gasteiger charge is -1.99. The molecule has 0 atom stereocenters. The Balaban J connectivity index is 1.47. The Morgan fingerprint density at radius 1 is 1.12 bits per heavy atom. The molecule has 1 aliphatic rings. The average Bonchev–Trinajstić information content (AvgIpc) is 3.20. The fourth-order valence-electron chi connectivity index (χ4n) is 2.84. The summed E-state index contributed by atoms with van der Waals surface area (Å²) in [4.78, 5) is 13.9. The number of thioether (sulfide) groups is 1. The van der Waals surface area contributed by atoms with Gasteiger partial charge in [-0.2, -0.15) is 0 Å². The fourth-order valence-corrected chi connectivity index (χ4v) is 3.65. The topological polar surface area (TPSA) is 42.5 Å². The number of allylic oxidation sites excluding steroid dienone is 1. The Morgan fingerprint density at radius 2 is 1.96 bits per heavy atom. The molecule has 0 fully saturated rings. The number of rotatable bonds is 3. The second-order valence-corrected chi connectivity index (χ2v) is 6.94. The Bertz CT molecular complexity index is 954. The van der Waals surface area contributed by atoms with Crippen molar-refractivity contribution in [3.8, 4) is 0 Å². The largest absolute Gasteiger partial charge is 0.288 e. The second-order valence-electron chi connectivity index (χ2n) is 5.89. The van der Waals surface area contributed by atoms with Crippen molar-refractivity contribution in [3.63, 3.8) is 0 Å². The number of fused-ring (bicyclic) bond motifs is 1. The number of aliphatic imine (C=N–C) groups is 1. The van der Waals surface area contributed by atoms with Gasteiger partial charge >= 0.3 is 0 Å².